The van der Waals surface area contributed by atoms with Gasteiger partial charge >= 0.3 is 17.9 Å². The Morgan fingerprint density at radius 3 is 0.877 bits per heavy atom. The molecule has 6 heteroatoms. The zero-order valence-corrected chi connectivity index (χ0v) is 44.6. The van der Waals surface area contributed by atoms with E-state index in [4.69, 9.17) is 14.2 Å². The van der Waals surface area contributed by atoms with Crippen LogP contribution >= 0.6 is 0 Å². The number of hydrogen-bond acceptors (Lipinski definition) is 6. The first-order valence-electron chi connectivity index (χ1n) is 29.3. The minimum atomic E-state index is -0.762. The maximum Gasteiger partial charge on any atom is 0.306 e. The average molecular weight is 920 g/mol. The highest BCUT2D eigenvalue weighted by atomic mass is 16.6. The summed E-state index contributed by atoms with van der Waals surface area (Å²) in [6.45, 7) is 11.5. The highest BCUT2D eigenvalue weighted by Gasteiger charge is 2.19. The summed E-state index contributed by atoms with van der Waals surface area (Å²) in [4.78, 5) is 38.1. The quantitative estimate of drug-likeness (QED) is 0.0344. The molecule has 0 aromatic heterocycles. The van der Waals surface area contributed by atoms with Gasteiger partial charge in [-0.05, 0) is 31.1 Å². The fourth-order valence-corrected chi connectivity index (χ4v) is 9.02. The summed E-state index contributed by atoms with van der Waals surface area (Å²) < 4.78 is 16.9. The SMILES string of the molecule is CCCCCCCCCCCCCC(=O)OC[C@@H](COC(=O)CCCCCCCCCCCCCCCCCC(C)C)OC(=O)CCCCCCCCCCCCCCCCC(C)CC. The molecule has 0 bridgehead atoms. The van der Waals surface area contributed by atoms with E-state index in [2.05, 4.69) is 34.6 Å². The van der Waals surface area contributed by atoms with Gasteiger partial charge in [0.05, 0.1) is 0 Å². The monoisotopic (exact) mass is 919 g/mol. The molecule has 1 unspecified atom stereocenters. The lowest BCUT2D eigenvalue weighted by atomic mass is 9.99. The van der Waals surface area contributed by atoms with Crippen molar-refractivity contribution < 1.29 is 28.6 Å². The molecule has 0 fully saturated rings. The molecule has 0 aromatic carbocycles. The molecule has 0 aliphatic rings. The Balaban J connectivity index is 4.26. The number of rotatable bonds is 53. The second kappa shape index (κ2) is 51.8. The predicted octanol–water partition coefficient (Wildman–Crippen LogP) is 19.3. The topological polar surface area (TPSA) is 78.9 Å². The molecule has 0 aromatic rings. The molecule has 2 atom stereocenters. The lowest BCUT2D eigenvalue weighted by molar-refractivity contribution is -0.167. The molecular formula is C59H114O6. The molecule has 0 rings (SSSR count). The van der Waals surface area contributed by atoms with Gasteiger partial charge in [-0.15, -0.1) is 0 Å². The minimum absolute atomic E-state index is 0.0625. The number of ether oxygens (including phenoxy) is 3. The van der Waals surface area contributed by atoms with E-state index in [-0.39, 0.29) is 31.1 Å². The molecule has 65 heavy (non-hydrogen) atoms. The number of esters is 3. The van der Waals surface area contributed by atoms with Gasteiger partial charge in [0.2, 0.25) is 0 Å². The number of hydrogen-bond donors (Lipinski definition) is 0. The van der Waals surface area contributed by atoms with Gasteiger partial charge in [-0.1, -0.05) is 291 Å². The third-order valence-corrected chi connectivity index (χ3v) is 13.8. The molecule has 0 aliphatic heterocycles. The summed E-state index contributed by atoms with van der Waals surface area (Å²) in [6, 6.07) is 0. The fraction of sp³-hybridized carbons (Fsp3) is 0.949. The van der Waals surface area contributed by atoms with Crippen molar-refractivity contribution in [3.8, 4) is 0 Å². The molecule has 0 saturated carbocycles. The van der Waals surface area contributed by atoms with E-state index in [1.165, 1.54) is 218 Å². The zero-order valence-electron chi connectivity index (χ0n) is 44.6. The molecule has 0 amide bonds. The van der Waals surface area contributed by atoms with Crippen LogP contribution in [0.3, 0.4) is 0 Å². The normalized spacial score (nSPS) is 12.5. The first kappa shape index (κ1) is 63.4. The van der Waals surface area contributed by atoms with Crippen molar-refractivity contribution in [3.05, 3.63) is 0 Å². The molecule has 0 spiro atoms. The van der Waals surface area contributed by atoms with Crippen LogP contribution in [-0.2, 0) is 28.6 Å². The molecule has 0 radical (unpaired) electrons. The summed E-state index contributed by atoms with van der Waals surface area (Å²) in [5.74, 6) is 0.905. The first-order chi connectivity index (χ1) is 31.8. The van der Waals surface area contributed by atoms with Crippen molar-refractivity contribution in [2.75, 3.05) is 13.2 Å². The van der Waals surface area contributed by atoms with Crippen LogP contribution in [-0.4, -0.2) is 37.2 Å². The van der Waals surface area contributed by atoms with Crippen LogP contribution in [0, 0.1) is 11.8 Å². The van der Waals surface area contributed by atoms with Crippen LogP contribution in [0.5, 0.6) is 0 Å². The summed E-state index contributed by atoms with van der Waals surface area (Å²) in [5, 5.41) is 0. The Kier molecular flexibility index (Phi) is 50.5. The molecule has 386 valence electrons. The fourth-order valence-electron chi connectivity index (χ4n) is 9.02. The van der Waals surface area contributed by atoms with E-state index in [1.807, 2.05) is 0 Å². The lowest BCUT2D eigenvalue weighted by Gasteiger charge is -2.18. The standard InChI is InChI=1S/C59H114O6/c1-6-8-9-10-11-12-22-29-34-39-44-49-57(60)63-52-56(65-59(62)51-46-41-36-31-26-21-17-16-19-24-28-33-38-43-48-55(5)7-2)53-64-58(61)50-45-40-35-30-25-20-15-13-14-18-23-27-32-37-42-47-54(3)4/h54-56H,6-53H2,1-5H3/t55?,56-/m0/s1. The first-order valence-corrected chi connectivity index (χ1v) is 29.3. The van der Waals surface area contributed by atoms with Gasteiger partial charge in [0, 0.05) is 19.3 Å². The lowest BCUT2D eigenvalue weighted by Crippen LogP contribution is -2.30. The summed E-state index contributed by atoms with van der Waals surface area (Å²) in [5.41, 5.74) is 0. The molecule has 0 heterocycles. The van der Waals surface area contributed by atoms with Crippen molar-refractivity contribution in [2.24, 2.45) is 11.8 Å². The van der Waals surface area contributed by atoms with Crippen LogP contribution in [0.2, 0.25) is 0 Å². The summed E-state index contributed by atoms with van der Waals surface area (Å²) in [7, 11) is 0. The molecule has 0 saturated heterocycles. The van der Waals surface area contributed by atoms with Gasteiger partial charge in [0.1, 0.15) is 13.2 Å². The van der Waals surface area contributed by atoms with Gasteiger partial charge < -0.3 is 14.2 Å². The van der Waals surface area contributed by atoms with Crippen molar-refractivity contribution >= 4 is 17.9 Å². The summed E-state index contributed by atoms with van der Waals surface area (Å²) in [6.07, 6.45) is 55.1. The smallest absolute Gasteiger partial charge is 0.306 e. The highest BCUT2D eigenvalue weighted by Crippen LogP contribution is 2.19. The van der Waals surface area contributed by atoms with Gasteiger partial charge in [-0.2, -0.15) is 0 Å². The Morgan fingerprint density at radius 2 is 0.585 bits per heavy atom. The van der Waals surface area contributed by atoms with E-state index in [9.17, 15) is 14.4 Å². The number of carbonyl (C=O) groups is 3. The Labute approximate surface area is 406 Å². The largest absolute Gasteiger partial charge is 0.462 e. The Morgan fingerprint density at radius 1 is 0.323 bits per heavy atom. The van der Waals surface area contributed by atoms with Gasteiger partial charge in [0.15, 0.2) is 6.10 Å². The predicted molar refractivity (Wildman–Crippen MR) is 280 cm³/mol. The minimum Gasteiger partial charge on any atom is -0.462 e. The van der Waals surface area contributed by atoms with Crippen LogP contribution in [0.15, 0.2) is 0 Å². The van der Waals surface area contributed by atoms with Crippen LogP contribution in [0.25, 0.3) is 0 Å². The van der Waals surface area contributed by atoms with Crippen molar-refractivity contribution in [1.82, 2.24) is 0 Å². The molecule has 0 aliphatic carbocycles. The van der Waals surface area contributed by atoms with Crippen LogP contribution in [0.1, 0.15) is 330 Å². The van der Waals surface area contributed by atoms with Crippen molar-refractivity contribution in [3.63, 3.8) is 0 Å². The van der Waals surface area contributed by atoms with E-state index >= 15 is 0 Å². The van der Waals surface area contributed by atoms with Crippen molar-refractivity contribution in [2.45, 2.75) is 336 Å². The third kappa shape index (κ3) is 51.6. The second-order valence-electron chi connectivity index (χ2n) is 21.0. The highest BCUT2D eigenvalue weighted by molar-refractivity contribution is 5.71. The van der Waals surface area contributed by atoms with Gasteiger partial charge in [-0.25, -0.2) is 0 Å². The van der Waals surface area contributed by atoms with Crippen LogP contribution in [0.4, 0.5) is 0 Å². The van der Waals surface area contributed by atoms with E-state index < -0.39 is 6.10 Å². The molecule has 6 nitrogen and oxygen atoms in total. The average Bonchev–Trinajstić information content (AvgIpc) is 3.29. The number of unbranched alkanes of at least 4 members (excludes halogenated alkanes) is 37. The van der Waals surface area contributed by atoms with E-state index in [0.717, 1.165) is 69.6 Å². The zero-order chi connectivity index (χ0) is 47.5. The van der Waals surface area contributed by atoms with E-state index in [1.54, 1.807) is 0 Å². The van der Waals surface area contributed by atoms with Crippen molar-refractivity contribution in [1.29, 1.82) is 0 Å². The van der Waals surface area contributed by atoms with E-state index in [0.29, 0.717) is 19.3 Å². The third-order valence-electron chi connectivity index (χ3n) is 13.8. The summed E-state index contributed by atoms with van der Waals surface area (Å²) >= 11 is 0. The second-order valence-corrected chi connectivity index (χ2v) is 21.0. The van der Waals surface area contributed by atoms with Crippen LogP contribution < -0.4 is 0 Å². The molecule has 0 N–H and O–H groups in total. The Bertz CT molecular complexity index is 995. The van der Waals surface area contributed by atoms with Gasteiger partial charge in [0.25, 0.3) is 0 Å². The Hall–Kier alpha value is -1.59. The molecular weight excluding hydrogens is 805 g/mol. The maximum absolute atomic E-state index is 12.9. The van der Waals surface area contributed by atoms with Gasteiger partial charge in [-0.3, -0.25) is 14.4 Å². The number of carbonyl (C=O) groups excluding carboxylic acids is 3. The maximum atomic E-state index is 12.9.